The zero-order chi connectivity index (χ0) is 11.1. The summed E-state index contributed by atoms with van der Waals surface area (Å²) in [6.07, 6.45) is 2.59. The van der Waals surface area contributed by atoms with Gasteiger partial charge in [-0.1, -0.05) is 6.07 Å². The fourth-order valence-corrected chi connectivity index (χ4v) is 1.38. The summed E-state index contributed by atoms with van der Waals surface area (Å²) >= 11 is 0. The molecule has 4 N–H and O–H groups in total. The molecule has 0 saturated carbocycles. The molecule has 0 aliphatic rings. The van der Waals surface area contributed by atoms with Crippen molar-refractivity contribution in [1.29, 1.82) is 0 Å². The van der Waals surface area contributed by atoms with Crippen LogP contribution in [0.5, 0.6) is 0 Å². The molecular formula is C11H19N3O. The van der Waals surface area contributed by atoms with Gasteiger partial charge in [-0.25, -0.2) is 0 Å². The van der Waals surface area contributed by atoms with Crippen LogP contribution in [0.4, 0.5) is 0 Å². The summed E-state index contributed by atoms with van der Waals surface area (Å²) in [6.45, 7) is 3.47. The van der Waals surface area contributed by atoms with Gasteiger partial charge in [-0.15, -0.1) is 0 Å². The summed E-state index contributed by atoms with van der Waals surface area (Å²) in [6, 6.07) is 4.14. The van der Waals surface area contributed by atoms with Crippen molar-refractivity contribution in [1.82, 2.24) is 10.3 Å². The molecule has 84 valence electrons. The van der Waals surface area contributed by atoms with Crippen molar-refractivity contribution in [2.75, 3.05) is 19.7 Å². The highest BCUT2D eigenvalue weighted by Gasteiger charge is 2.08. The van der Waals surface area contributed by atoms with Crippen molar-refractivity contribution in [3.8, 4) is 0 Å². The minimum absolute atomic E-state index is 0.129. The van der Waals surface area contributed by atoms with Crippen LogP contribution in [0.25, 0.3) is 0 Å². The predicted octanol–water partition coefficient (Wildman–Crippen LogP) is 0.362. The number of nitrogens with zero attached hydrogens (tertiary/aromatic N) is 1. The molecule has 1 unspecified atom stereocenters. The number of rotatable bonds is 6. The lowest BCUT2D eigenvalue weighted by atomic mass is 10.1. The Kier molecular flexibility index (Phi) is 5.25. The number of hydrogen-bond donors (Lipinski definition) is 3. The van der Waals surface area contributed by atoms with E-state index in [4.69, 9.17) is 10.8 Å². The highest BCUT2D eigenvalue weighted by Crippen LogP contribution is 2.10. The summed E-state index contributed by atoms with van der Waals surface area (Å²) in [5, 5.41) is 12.0. The molecule has 0 spiro atoms. The van der Waals surface area contributed by atoms with Crippen LogP contribution in [-0.2, 0) is 0 Å². The summed E-state index contributed by atoms with van der Waals surface area (Å²) in [4.78, 5) is 4.23. The van der Waals surface area contributed by atoms with Crippen LogP contribution in [0, 0.1) is 6.92 Å². The third kappa shape index (κ3) is 3.95. The number of hydrogen-bond acceptors (Lipinski definition) is 4. The van der Waals surface area contributed by atoms with Crippen molar-refractivity contribution >= 4 is 0 Å². The van der Waals surface area contributed by atoms with Crippen molar-refractivity contribution in [2.45, 2.75) is 19.4 Å². The van der Waals surface area contributed by atoms with Gasteiger partial charge in [0.1, 0.15) is 0 Å². The minimum Gasteiger partial charge on any atom is -0.396 e. The van der Waals surface area contributed by atoms with Gasteiger partial charge in [0, 0.05) is 31.1 Å². The number of aliphatic hydroxyl groups is 1. The Bertz CT molecular complexity index is 274. The maximum Gasteiger partial charge on any atom is 0.0459 e. The average Bonchev–Trinajstić information content (AvgIpc) is 2.26. The Labute approximate surface area is 90.5 Å². The Hall–Kier alpha value is -0.970. The van der Waals surface area contributed by atoms with Crippen molar-refractivity contribution in [2.24, 2.45) is 5.73 Å². The molecule has 1 atom stereocenters. The lowest BCUT2D eigenvalue weighted by Gasteiger charge is -2.16. The maximum atomic E-state index is 8.68. The van der Waals surface area contributed by atoms with Gasteiger partial charge in [0.25, 0.3) is 0 Å². The lowest BCUT2D eigenvalue weighted by Crippen LogP contribution is -2.29. The van der Waals surface area contributed by atoms with Gasteiger partial charge in [-0.3, -0.25) is 4.98 Å². The molecule has 0 aromatic carbocycles. The minimum atomic E-state index is 0.129. The van der Waals surface area contributed by atoms with Crippen molar-refractivity contribution in [3.05, 3.63) is 29.6 Å². The highest BCUT2D eigenvalue weighted by atomic mass is 16.3. The second-order valence-corrected chi connectivity index (χ2v) is 3.55. The number of aliphatic hydroxyl groups excluding tert-OH is 1. The van der Waals surface area contributed by atoms with Crippen LogP contribution in [-0.4, -0.2) is 29.8 Å². The van der Waals surface area contributed by atoms with Gasteiger partial charge in [0.2, 0.25) is 0 Å². The molecule has 1 heterocycles. The first kappa shape index (κ1) is 12.1. The zero-order valence-electron chi connectivity index (χ0n) is 9.11. The fourth-order valence-electron chi connectivity index (χ4n) is 1.38. The quantitative estimate of drug-likeness (QED) is 0.592. The van der Waals surface area contributed by atoms with E-state index in [1.807, 2.05) is 25.3 Å². The molecule has 1 rings (SSSR count). The predicted molar refractivity (Wildman–Crippen MR) is 60.5 cm³/mol. The molecule has 15 heavy (non-hydrogen) atoms. The maximum absolute atomic E-state index is 8.68. The first-order valence-electron chi connectivity index (χ1n) is 5.24. The smallest absolute Gasteiger partial charge is 0.0459 e. The van der Waals surface area contributed by atoms with E-state index in [1.165, 1.54) is 0 Å². The lowest BCUT2D eigenvalue weighted by molar-refractivity contribution is 0.283. The molecule has 4 heteroatoms. The van der Waals surface area contributed by atoms with Gasteiger partial charge in [-0.2, -0.15) is 0 Å². The van der Waals surface area contributed by atoms with E-state index in [0.717, 1.165) is 24.2 Å². The molecule has 0 aliphatic carbocycles. The molecule has 4 nitrogen and oxygen atoms in total. The first-order valence-corrected chi connectivity index (χ1v) is 5.24. The normalized spacial score (nSPS) is 12.7. The van der Waals surface area contributed by atoms with E-state index in [2.05, 4.69) is 10.3 Å². The number of pyridine rings is 1. The van der Waals surface area contributed by atoms with Gasteiger partial charge in [-0.05, 0) is 31.5 Å². The zero-order valence-corrected chi connectivity index (χ0v) is 9.11. The SMILES string of the molecule is Cc1ccc(C(CN)NCCCO)cn1. The van der Waals surface area contributed by atoms with Gasteiger partial charge in [0.05, 0.1) is 0 Å². The molecule has 1 aromatic rings. The van der Waals surface area contributed by atoms with Gasteiger partial charge >= 0.3 is 0 Å². The molecule has 0 aliphatic heterocycles. The van der Waals surface area contributed by atoms with Crippen LogP contribution < -0.4 is 11.1 Å². The van der Waals surface area contributed by atoms with E-state index < -0.39 is 0 Å². The van der Waals surface area contributed by atoms with Crippen LogP contribution in [0.2, 0.25) is 0 Å². The number of nitrogens with one attached hydrogen (secondary N) is 1. The van der Waals surface area contributed by atoms with Gasteiger partial charge < -0.3 is 16.2 Å². The Morgan fingerprint density at radius 1 is 1.53 bits per heavy atom. The summed E-state index contributed by atoms with van der Waals surface area (Å²) < 4.78 is 0. The van der Waals surface area contributed by atoms with E-state index in [0.29, 0.717) is 6.54 Å². The van der Waals surface area contributed by atoms with Crippen molar-refractivity contribution < 1.29 is 5.11 Å². The second-order valence-electron chi connectivity index (χ2n) is 3.55. The molecule has 0 saturated heterocycles. The molecule has 0 bridgehead atoms. The van der Waals surface area contributed by atoms with Crippen LogP contribution >= 0.6 is 0 Å². The van der Waals surface area contributed by atoms with Crippen LogP contribution in [0.1, 0.15) is 23.7 Å². The number of aromatic nitrogens is 1. The Morgan fingerprint density at radius 3 is 2.87 bits per heavy atom. The van der Waals surface area contributed by atoms with Crippen LogP contribution in [0.3, 0.4) is 0 Å². The second kappa shape index (κ2) is 6.50. The first-order chi connectivity index (χ1) is 7.27. The standard InChI is InChI=1S/C11H19N3O/c1-9-3-4-10(8-14-9)11(7-12)13-5-2-6-15/h3-4,8,11,13,15H,2,5-7,12H2,1H3. The molecule has 0 radical (unpaired) electrons. The van der Waals surface area contributed by atoms with E-state index in [1.54, 1.807) is 0 Å². The molecule has 1 aromatic heterocycles. The highest BCUT2D eigenvalue weighted by molar-refractivity contribution is 5.17. The summed E-state index contributed by atoms with van der Waals surface area (Å²) in [5.41, 5.74) is 7.78. The Balaban J connectivity index is 2.53. The average molecular weight is 209 g/mol. The fraction of sp³-hybridized carbons (Fsp3) is 0.545. The summed E-state index contributed by atoms with van der Waals surface area (Å²) in [5.74, 6) is 0. The van der Waals surface area contributed by atoms with E-state index >= 15 is 0 Å². The molecule has 0 fully saturated rings. The van der Waals surface area contributed by atoms with Gasteiger partial charge in [0.15, 0.2) is 0 Å². The third-order valence-corrected chi connectivity index (χ3v) is 2.30. The van der Waals surface area contributed by atoms with E-state index in [-0.39, 0.29) is 12.6 Å². The van der Waals surface area contributed by atoms with Crippen molar-refractivity contribution in [3.63, 3.8) is 0 Å². The molecule has 0 amide bonds. The molecular weight excluding hydrogens is 190 g/mol. The van der Waals surface area contributed by atoms with E-state index in [9.17, 15) is 0 Å². The summed E-state index contributed by atoms with van der Waals surface area (Å²) in [7, 11) is 0. The third-order valence-electron chi connectivity index (χ3n) is 2.30. The largest absolute Gasteiger partial charge is 0.396 e. The topological polar surface area (TPSA) is 71.2 Å². The monoisotopic (exact) mass is 209 g/mol. The van der Waals surface area contributed by atoms with Crippen LogP contribution in [0.15, 0.2) is 18.3 Å². The number of nitrogens with two attached hydrogens (primary N) is 1. The Morgan fingerprint density at radius 2 is 2.33 bits per heavy atom. The number of aryl methyl sites for hydroxylation is 1.